The highest BCUT2D eigenvalue weighted by atomic mass is 19.4. The molecule has 36 heavy (non-hydrogen) atoms. The van der Waals surface area contributed by atoms with E-state index in [0.29, 0.717) is 18.0 Å². The second kappa shape index (κ2) is 9.66. The third-order valence-corrected chi connectivity index (χ3v) is 6.48. The summed E-state index contributed by atoms with van der Waals surface area (Å²) >= 11 is 0. The summed E-state index contributed by atoms with van der Waals surface area (Å²) in [6.07, 6.45) is -4.79. The number of benzene rings is 4. The first-order valence-electron chi connectivity index (χ1n) is 11.8. The number of alkyl halides is 3. The second-order valence-corrected chi connectivity index (χ2v) is 8.90. The highest BCUT2D eigenvalue weighted by Gasteiger charge is 2.33. The van der Waals surface area contributed by atoms with Crippen LogP contribution >= 0.6 is 0 Å². The van der Waals surface area contributed by atoms with Crippen molar-refractivity contribution >= 4 is 22.4 Å². The number of carbonyl (C=O) groups is 1. The Balaban J connectivity index is 1.34. The van der Waals surface area contributed by atoms with Crippen LogP contribution in [0, 0.1) is 0 Å². The predicted octanol–water partition coefficient (Wildman–Crippen LogP) is 6.62. The molecule has 5 rings (SSSR count). The van der Waals surface area contributed by atoms with E-state index in [9.17, 15) is 18.0 Å². The fraction of sp³-hybridized carbons (Fsp3) is 0.207. The molecule has 1 unspecified atom stereocenters. The van der Waals surface area contributed by atoms with Gasteiger partial charge in [-0.05, 0) is 59.7 Å². The maximum Gasteiger partial charge on any atom is 0.416 e. The van der Waals surface area contributed by atoms with Crippen LogP contribution in [0.15, 0.2) is 91.0 Å². The van der Waals surface area contributed by atoms with E-state index in [-0.39, 0.29) is 30.2 Å². The van der Waals surface area contributed by atoms with E-state index >= 15 is 0 Å². The van der Waals surface area contributed by atoms with E-state index in [1.807, 2.05) is 24.3 Å². The SMILES string of the molecule is C[C@@H](NCC1CN(C(=O)c2ccc(C(F)(F)F)cc2)c2ccccc2O1)c1cccc2ccccc12. The molecule has 1 aliphatic rings. The number of nitrogens with zero attached hydrogens (tertiary/aromatic N) is 1. The molecular weight excluding hydrogens is 465 g/mol. The van der Waals surface area contributed by atoms with Gasteiger partial charge in [-0.25, -0.2) is 0 Å². The summed E-state index contributed by atoms with van der Waals surface area (Å²) in [5.74, 6) is 0.195. The Labute approximate surface area is 207 Å². The smallest absolute Gasteiger partial charge is 0.416 e. The minimum atomic E-state index is -4.45. The van der Waals surface area contributed by atoms with E-state index in [1.54, 1.807) is 23.1 Å². The van der Waals surface area contributed by atoms with Gasteiger partial charge in [0.2, 0.25) is 0 Å². The van der Waals surface area contributed by atoms with Crippen molar-refractivity contribution in [1.82, 2.24) is 5.32 Å². The zero-order chi connectivity index (χ0) is 25.3. The molecule has 0 aromatic heterocycles. The van der Waals surface area contributed by atoms with Crippen molar-refractivity contribution in [3.05, 3.63) is 108 Å². The van der Waals surface area contributed by atoms with Gasteiger partial charge in [0.1, 0.15) is 11.9 Å². The monoisotopic (exact) mass is 490 g/mol. The maximum atomic E-state index is 13.3. The van der Waals surface area contributed by atoms with Crippen LogP contribution in [0.2, 0.25) is 0 Å². The van der Waals surface area contributed by atoms with Crippen molar-refractivity contribution in [3.63, 3.8) is 0 Å². The molecule has 1 heterocycles. The number of halogens is 3. The Morgan fingerprint density at radius 3 is 2.44 bits per heavy atom. The van der Waals surface area contributed by atoms with E-state index in [0.717, 1.165) is 12.1 Å². The summed E-state index contributed by atoms with van der Waals surface area (Å²) in [4.78, 5) is 14.9. The minimum Gasteiger partial charge on any atom is -0.485 e. The first-order chi connectivity index (χ1) is 17.3. The lowest BCUT2D eigenvalue weighted by Crippen LogP contribution is -2.48. The van der Waals surface area contributed by atoms with E-state index in [1.165, 1.54) is 28.5 Å². The van der Waals surface area contributed by atoms with Gasteiger partial charge in [0.05, 0.1) is 17.8 Å². The Kier molecular flexibility index (Phi) is 6.41. The van der Waals surface area contributed by atoms with Gasteiger partial charge in [-0.1, -0.05) is 54.6 Å². The van der Waals surface area contributed by atoms with Gasteiger partial charge >= 0.3 is 6.18 Å². The molecule has 4 aromatic rings. The predicted molar refractivity (Wildman–Crippen MR) is 134 cm³/mol. The van der Waals surface area contributed by atoms with E-state index < -0.39 is 11.7 Å². The number of ether oxygens (including phenoxy) is 1. The Hall–Kier alpha value is -3.84. The van der Waals surface area contributed by atoms with Crippen molar-refractivity contribution in [2.24, 2.45) is 0 Å². The fourth-order valence-electron chi connectivity index (χ4n) is 4.60. The number of amides is 1. The Morgan fingerprint density at radius 2 is 1.67 bits per heavy atom. The standard InChI is InChI=1S/C29H25F3N2O2/c1-19(24-10-6-8-20-7-2-3-9-25(20)24)33-17-23-18-34(26-11-4-5-12-27(26)36-23)28(35)21-13-15-22(16-14-21)29(30,31)32/h2-16,19,23,33H,17-18H2,1H3/t19-,23?/m1/s1. The Morgan fingerprint density at radius 1 is 0.972 bits per heavy atom. The number of rotatable bonds is 5. The molecule has 4 nitrogen and oxygen atoms in total. The summed E-state index contributed by atoms with van der Waals surface area (Å²) < 4.78 is 45.1. The van der Waals surface area contributed by atoms with Gasteiger partial charge in [-0.15, -0.1) is 0 Å². The molecule has 2 atom stereocenters. The third kappa shape index (κ3) is 4.79. The number of carbonyl (C=O) groups excluding carboxylic acids is 1. The summed E-state index contributed by atoms with van der Waals surface area (Å²) in [5.41, 5.74) is 1.17. The third-order valence-electron chi connectivity index (χ3n) is 6.48. The highest BCUT2D eigenvalue weighted by Crippen LogP contribution is 2.35. The highest BCUT2D eigenvalue weighted by molar-refractivity contribution is 6.07. The average molecular weight is 491 g/mol. The summed E-state index contributed by atoms with van der Waals surface area (Å²) in [5, 5.41) is 5.87. The molecule has 0 spiro atoms. The van der Waals surface area contributed by atoms with Crippen molar-refractivity contribution in [3.8, 4) is 5.75 Å². The van der Waals surface area contributed by atoms with Gasteiger partial charge in [0.25, 0.3) is 5.91 Å². The quantitative estimate of drug-likeness (QED) is 0.342. The van der Waals surface area contributed by atoms with Crippen molar-refractivity contribution in [2.75, 3.05) is 18.0 Å². The van der Waals surface area contributed by atoms with Crippen LogP contribution in [0.3, 0.4) is 0 Å². The molecule has 184 valence electrons. The van der Waals surface area contributed by atoms with Crippen molar-refractivity contribution < 1.29 is 22.7 Å². The number of para-hydroxylation sites is 2. The molecule has 7 heteroatoms. The van der Waals surface area contributed by atoms with Crippen LogP contribution in [0.25, 0.3) is 10.8 Å². The molecule has 4 aromatic carbocycles. The number of anilines is 1. The maximum absolute atomic E-state index is 13.3. The van der Waals surface area contributed by atoms with Gasteiger partial charge in [0, 0.05) is 18.2 Å². The molecule has 0 radical (unpaired) electrons. The molecular formula is C29H25F3N2O2. The summed E-state index contributed by atoms with van der Waals surface area (Å²) in [6, 6.07) is 26.0. The van der Waals surface area contributed by atoms with Crippen LogP contribution < -0.4 is 15.0 Å². The summed E-state index contributed by atoms with van der Waals surface area (Å²) in [7, 11) is 0. The lowest BCUT2D eigenvalue weighted by Gasteiger charge is -2.35. The minimum absolute atomic E-state index is 0.0379. The van der Waals surface area contributed by atoms with Crippen LogP contribution in [-0.2, 0) is 6.18 Å². The van der Waals surface area contributed by atoms with E-state index in [4.69, 9.17) is 4.74 Å². The molecule has 0 saturated carbocycles. The van der Waals surface area contributed by atoms with Gasteiger partial charge < -0.3 is 15.0 Å². The van der Waals surface area contributed by atoms with Crippen LogP contribution in [-0.4, -0.2) is 25.1 Å². The van der Waals surface area contributed by atoms with Crippen molar-refractivity contribution in [2.45, 2.75) is 25.2 Å². The number of hydrogen-bond acceptors (Lipinski definition) is 3. The van der Waals surface area contributed by atoms with Crippen LogP contribution in [0.4, 0.5) is 18.9 Å². The number of nitrogens with one attached hydrogen (secondary N) is 1. The first kappa shape index (κ1) is 23.9. The van der Waals surface area contributed by atoms with Crippen LogP contribution in [0.5, 0.6) is 5.75 Å². The van der Waals surface area contributed by atoms with E-state index in [2.05, 4.69) is 36.5 Å². The average Bonchev–Trinajstić information content (AvgIpc) is 2.90. The fourth-order valence-corrected chi connectivity index (χ4v) is 4.60. The summed E-state index contributed by atoms with van der Waals surface area (Å²) in [6.45, 7) is 2.84. The Bertz CT molecular complexity index is 1380. The first-order valence-corrected chi connectivity index (χ1v) is 11.8. The molecule has 1 N–H and O–H groups in total. The van der Waals surface area contributed by atoms with Crippen molar-refractivity contribution in [1.29, 1.82) is 0 Å². The largest absolute Gasteiger partial charge is 0.485 e. The molecule has 1 aliphatic heterocycles. The zero-order valence-electron chi connectivity index (χ0n) is 19.6. The van der Waals surface area contributed by atoms with Crippen LogP contribution in [0.1, 0.15) is 34.5 Å². The molecule has 0 aliphatic carbocycles. The van der Waals surface area contributed by atoms with Gasteiger partial charge in [0.15, 0.2) is 0 Å². The topological polar surface area (TPSA) is 41.6 Å². The number of fused-ring (bicyclic) bond motifs is 2. The normalized spacial score (nSPS) is 16.3. The molecule has 0 fully saturated rings. The van der Waals surface area contributed by atoms with Gasteiger partial charge in [-0.2, -0.15) is 13.2 Å². The second-order valence-electron chi connectivity index (χ2n) is 8.90. The lowest BCUT2D eigenvalue weighted by molar-refractivity contribution is -0.137. The lowest BCUT2D eigenvalue weighted by atomic mass is 9.99. The molecule has 0 saturated heterocycles. The van der Waals surface area contributed by atoms with Gasteiger partial charge in [-0.3, -0.25) is 4.79 Å². The number of hydrogen-bond donors (Lipinski definition) is 1. The molecule has 1 amide bonds. The molecule has 0 bridgehead atoms. The zero-order valence-corrected chi connectivity index (χ0v) is 19.6.